The van der Waals surface area contributed by atoms with Crippen LogP contribution < -0.4 is 0 Å². The summed E-state index contributed by atoms with van der Waals surface area (Å²) in [6.07, 6.45) is 3.73. The number of halogens is 5. The Hall–Kier alpha value is 0.360. The second-order valence-corrected chi connectivity index (χ2v) is 2.82. The molecule has 0 amide bonds. The lowest BCUT2D eigenvalue weighted by Crippen LogP contribution is -1.70. The summed E-state index contributed by atoms with van der Waals surface area (Å²) >= 11 is -0.786. The second-order valence-electron chi connectivity index (χ2n) is 1.75. The minimum absolute atomic E-state index is 0.827. The summed E-state index contributed by atoms with van der Waals surface area (Å²) in [4.78, 5) is 0. The SMILES string of the molecule is CCCCCCl.FS(F)(F)F. The standard InChI is InChI=1S/C5H11Cl.F4S/c1-2-3-4-5-6;1-5(2,3)4/h2-5H2,1H3;. The summed E-state index contributed by atoms with van der Waals surface area (Å²) in [5.74, 6) is 0.827. The lowest BCUT2D eigenvalue weighted by Gasteiger charge is -1.87. The predicted molar refractivity (Wildman–Crippen MR) is 42.3 cm³/mol. The van der Waals surface area contributed by atoms with E-state index < -0.39 is 11.6 Å². The average Bonchev–Trinajstić information content (AvgIpc) is 1.79. The molecule has 0 fully saturated rings. The summed E-state index contributed by atoms with van der Waals surface area (Å²) in [5.41, 5.74) is 0. The van der Waals surface area contributed by atoms with Gasteiger partial charge in [-0.3, -0.25) is 0 Å². The van der Waals surface area contributed by atoms with Crippen LogP contribution in [-0.4, -0.2) is 5.88 Å². The molecule has 0 heterocycles. The molecule has 6 heteroatoms. The molecule has 11 heavy (non-hydrogen) atoms. The van der Waals surface area contributed by atoms with Crippen molar-refractivity contribution in [3.63, 3.8) is 0 Å². The smallest absolute Gasteiger partial charge is 0.127 e. The molecule has 0 atom stereocenters. The maximum atomic E-state index is 9.77. The zero-order valence-electron chi connectivity index (χ0n) is 6.13. The molecular formula is C5H11ClF4S. The molecule has 0 aliphatic heterocycles. The molecule has 0 saturated carbocycles. The molecule has 0 nitrogen and oxygen atoms in total. The van der Waals surface area contributed by atoms with E-state index in [1.54, 1.807) is 0 Å². The first-order valence-corrected chi connectivity index (χ1v) is 4.86. The third-order valence-corrected chi connectivity index (χ3v) is 1.00. The Labute approximate surface area is 71.4 Å². The molecule has 0 aromatic heterocycles. The van der Waals surface area contributed by atoms with Gasteiger partial charge in [-0.2, -0.15) is 0 Å². The predicted octanol–water partition coefficient (Wildman–Crippen LogP) is 4.74. The van der Waals surface area contributed by atoms with Gasteiger partial charge < -0.3 is 0 Å². The van der Waals surface area contributed by atoms with Gasteiger partial charge in [0, 0.05) is 5.88 Å². The van der Waals surface area contributed by atoms with Gasteiger partial charge in [-0.1, -0.05) is 35.3 Å². The Morgan fingerprint density at radius 1 is 1.09 bits per heavy atom. The topological polar surface area (TPSA) is 0 Å². The third-order valence-electron chi connectivity index (χ3n) is 0.737. The van der Waals surface area contributed by atoms with Crippen molar-refractivity contribution in [1.82, 2.24) is 0 Å². The van der Waals surface area contributed by atoms with Gasteiger partial charge in [-0.25, -0.2) is 0 Å². The lowest BCUT2D eigenvalue weighted by molar-refractivity contribution is 0.543. The first-order chi connectivity index (χ1) is 4.91. The van der Waals surface area contributed by atoms with E-state index in [4.69, 9.17) is 11.6 Å². The molecule has 0 bridgehead atoms. The van der Waals surface area contributed by atoms with Crippen LogP contribution in [0.4, 0.5) is 15.5 Å². The van der Waals surface area contributed by atoms with E-state index in [-0.39, 0.29) is 0 Å². The molecule has 0 saturated heterocycles. The van der Waals surface area contributed by atoms with Crippen molar-refractivity contribution in [1.29, 1.82) is 0 Å². The monoisotopic (exact) mass is 214 g/mol. The molecule has 0 N–H and O–H groups in total. The van der Waals surface area contributed by atoms with E-state index in [9.17, 15) is 15.5 Å². The van der Waals surface area contributed by atoms with Crippen molar-refractivity contribution >= 4 is 23.2 Å². The Kier molecular flexibility index (Phi) is 10.7. The number of hydrogen-bond donors (Lipinski definition) is 0. The summed E-state index contributed by atoms with van der Waals surface area (Å²) in [5, 5.41) is 0. The lowest BCUT2D eigenvalue weighted by atomic mass is 10.3. The molecule has 0 spiro atoms. The average molecular weight is 215 g/mol. The molecule has 0 aliphatic rings. The maximum absolute atomic E-state index is 9.77. The van der Waals surface area contributed by atoms with Gasteiger partial charge in [0.25, 0.3) is 0 Å². The van der Waals surface area contributed by atoms with Crippen LogP contribution in [-0.2, 0) is 0 Å². The highest BCUT2D eigenvalue weighted by Crippen LogP contribution is 2.54. The van der Waals surface area contributed by atoms with Crippen molar-refractivity contribution < 1.29 is 15.5 Å². The fourth-order valence-corrected chi connectivity index (χ4v) is 0.533. The van der Waals surface area contributed by atoms with Gasteiger partial charge >= 0.3 is 11.6 Å². The van der Waals surface area contributed by atoms with Crippen molar-refractivity contribution in [3.8, 4) is 0 Å². The van der Waals surface area contributed by atoms with E-state index in [0.717, 1.165) is 5.88 Å². The molecule has 72 valence electrons. The molecule has 0 aromatic carbocycles. The van der Waals surface area contributed by atoms with Crippen LogP contribution in [0.25, 0.3) is 0 Å². The van der Waals surface area contributed by atoms with Crippen molar-refractivity contribution in [2.24, 2.45) is 0 Å². The first-order valence-electron chi connectivity index (χ1n) is 3.09. The fraction of sp³-hybridized carbons (Fsp3) is 1.00. The summed E-state index contributed by atoms with van der Waals surface area (Å²) < 4.78 is 39.1. The second kappa shape index (κ2) is 8.46. The van der Waals surface area contributed by atoms with Crippen molar-refractivity contribution in [3.05, 3.63) is 0 Å². The third kappa shape index (κ3) is 64.1. The summed E-state index contributed by atoms with van der Waals surface area (Å²) in [6.45, 7) is 2.17. The van der Waals surface area contributed by atoms with Crippen LogP contribution >= 0.6 is 23.2 Å². The number of unbranched alkanes of at least 4 members (excludes halogenated alkanes) is 2. The van der Waals surface area contributed by atoms with Crippen LogP contribution in [0.3, 0.4) is 0 Å². The highest BCUT2D eigenvalue weighted by molar-refractivity contribution is 8.16. The highest BCUT2D eigenvalue weighted by Gasteiger charge is 2.16. The van der Waals surface area contributed by atoms with E-state index in [1.807, 2.05) is 0 Å². The molecule has 0 rings (SSSR count). The molecule has 0 radical (unpaired) electrons. The normalized spacial score (nSPS) is 11.8. The van der Waals surface area contributed by atoms with Gasteiger partial charge in [0.05, 0.1) is 0 Å². The van der Waals surface area contributed by atoms with Crippen LogP contribution in [0.1, 0.15) is 26.2 Å². The highest BCUT2D eigenvalue weighted by atomic mass is 35.5. The Morgan fingerprint density at radius 2 is 1.45 bits per heavy atom. The van der Waals surface area contributed by atoms with E-state index in [0.29, 0.717) is 0 Å². The summed E-state index contributed by atoms with van der Waals surface area (Å²) in [6, 6.07) is 0. The van der Waals surface area contributed by atoms with Crippen LogP contribution in [0, 0.1) is 0 Å². The van der Waals surface area contributed by atoms with Gasteiger partial charge in [0.1, 0.15) is 0 Å². The number of hydrogen-bond acceptors (Lipinski definition) is 0. The number of alkyl halides is 1. The summed E-state index contributed by atoms with van der Waals surface area (Å²) in [7, 11) is 0. The van der Waals surface area contributed by atoms with Crippen LogP contribution in [0.15, 0.2) is 0 Å². The largest absolute Gasteiger partial charge is 0.379 e. The molecule has 0 aliphatic carbocycles. The van der Waals surface area contributed by atoms with Gasteiger partial charge in [-0.05, 0) is 6.42 Å². The minimum Gasteiger partial charge on any atom is -0.127 e. The zero-order chi connectivity index (χ0) is 9.33. The van der Waals surface area contributed by atoms with Crippen molar-refractivity contribution in [2.75, 3.05) is 5.88 Å². The molecule has 0 aromatic rings. The Balaban J connectivity index is 0. The van der Waals surface area contributed by atoms with Crippen LogP contribution in [0.2, 0.25) is 0 Å². The van der Waals surface area contributed by atoms with Crippen LogP contribution in [0.5, 0.6) is 0 Å². The van der Waals surface area contributed by atoms with Gasteiger partial charge in [0.15, 0.2) is 0 Å². The van der Waals surface area contributed by atoms with E-state index >= 15 is 0 Å². The van der Waals surface area contributed by atoms with Gasteiger partial charge in [-0.15, -0.1) is 11.6 Å². The minimum atomic E-state index is -6.17. The quantitative estimate of drug-likeness (QED) is 0.362. The zero-order valence-corrected chi connectivity index (χ0v) is 7.70. The maximum Gasteiger partial charge on any atom is 0.379 e. The molecular weight excluding hydrogens is 204 g/mol. The van der Waals surface area contributed by atoms with Crippen molar-refractivity contribution in [2.45, 2.75) is 26.2 Å². The van der Waals surface area contributed by atoms with E-state index in [1.165, 1.54) is 19.3 Å². The van der Waals surface area contributed by atoms with E-state index in [2.05, 4.69) is 6.92 Å². The Morgan fingerprint density at radius 3 is 1.55 bits per heavy atom. The Bertz CT molecular complexity index is 65.4. The first kappa shape index (κ1) is 13.9. The number of rotatable bonds is 3. The molecule has 0 unspecified atom stereocenters. The van der Waals surface area contributed by atoms with Gasteiger partial charge in [0.2, 0.25) is 0 Å². The fourth-order valence-electron chi connectivity index (χ4n) is 0.344.